The second kappa shape index (κ2) is 9.15. The van der Waals surface area contributed by atoms with E-state index in [0.29, 0.717) is 5.75 Å². The first kappa shape index (κ1) is 17.3. The van der Waals surface area contributed by atoms with Crippen LogP contribution in [0.4, 0.5) is 0 Å². The maximum absolute atomic E-state index is 11.7. The highest BCUT2D eigenvalue weighted by molar-refractivity contribution is 5.86. The number of carbonyl (C=O) groups is 1. The van der Waals surface area contributed by atoms with E-state index >= 15 is 0 Å². The number of nitrogens with zero attached hydrogens (tertiary/aromatic N) is 1. The van der Waals surface area contributed by atoms with Crippen molar-refractivity contribution in [3.05, 3.63) is 65.7 Å². The van der Waals surface area contributed by atoms with Gasteiger partial charge in [0.25, 0.3) is 5.91 Å². The molecule has 5 nitrogen and oxygen atoms in total. The fourth-order valence-electron chi connectivity index (χ4n) is 1.91. The number of hydrazone groups is 1. The molecule has 0 aliphatic heterocycles. The Morgan fingerprint density at radius 2 is 1.75 bits per heavy atom. The molecule has 124 valence electrons. The number of ether oxygens (including phenoxy) is 2. The molecule has 0 aromatic heterocycles. The molecule has 2 aromatic rings. The lowest BCUT2D eigenvalue weighted by Crippen LogP contribution is -2.24. The first-order valence-electron chi connectivity index (χ1n) is 7.49. The summed E-state index contributed by atoms with van der Waals surface area (Å²) in [5, 5.41) is 3.91. The van der Waals surface area contributed by atoms with E-state index in [0.717, 1.165) is 16.9 Å². The van der Waals surface area contributed by atoms with E-state index in [1.165, 1.54) is 0 Å². The Morgan fingerprint density at radius 1 is 1.08 bits per heavy atom. The number of allylic oxidation sites excluding steroid dienone is 1. The zero-order valence-corrected chi connectivity index (χ0v) is 13.7. The second-order valence-electron chi connectivity index (χ2n) is 5.06. The Morgan fingerprint density at radius 3 is 2.42 bits per heavy atom. The normalized spacial score (nSPS) is 11.3. The van der Waals surface area contributed by atoms with Crippen molar-refractivity contribution < 1.29 is 14.3 Å². The molecule has 0 unspecified atom stereocenters. The summed E-state index contributed by atoms with van der Waals surface area (Å²) < 4.78 is 10.4. The minimum absolute atomic E-state index is 0.106. The van der Waals surface area contributed by atoms with Gasteiger partial charge in [-0.1, -0.05) is 36.4 Å². The lowest BCUT2D eigenvalue weighted by Gasteiger charge is -2.05. The van der Waals surface area contributed by atoms with E-state index in [4.69, 9.17) is 9.47 Å². The zero-order valence-electron chi connectivity index (χ0n) is 13.7. The average molecular weight is 324 g/mol. The maximum atomic E-state index is 11.7. The first-order valence-corrected chi connectivity index (χ1v) is 7.49. The number of benzene rings is 2. The molecule has 0 saturated carbocycles. The van der Waals surface area contributed by atoms with Gasteiger partial charge in [0, 0.05) is 0 Å². The number of hydrogen-bond acceptors (Lipinski definition) is 4. The van der Waals surface area contributed by atoms with Crippen LogP contribution in [0.15, 0.2) is 65.3 Å². The standard InChI is InChI=1S/C19H20N2O3/c1-15(12-16-6-4-3-5-7-16)13-20-21-19(22)14-24-18-10-8-17(23-2)9-11-18/h3-13H,14H2,1-2H3,(H,21,22). The van der Waals surface area contributed by atoms with Crippen LogP contribution in [0.1, 0.15) is 12.5 Å². The van der Waals surface area contributed by atoms with Crippen LogP contribution in [0.25, 0.3) is 6.08 Å². The molecule has 2 rings (SSSR count). The quantitative estimate of drug-likeness (QED) is 0.628. The Balaban J connectivity index is 1.76. The summed E-state index contributed by atoms with van der Waals surface area (Å²) in [6, 6.07) is 16.9. The molecule has 0 saturated heterocycles. The molecule has 24 heavy (non-hydrogen) atoms. The van der Waals surface area contributed by atoms with Gasteiger partial charge in [0.05, 0.1) is 13.3 Å². The van der Waals surface area contributed by atoms with Crippen molar-refractivity contribution in [3.63, 3.8) is 0 Å². The van der Waals surface area contributed by atoms with Gasteiger partial charge in [-0.15, -0.1) is 0 Å². The van der Waals surface area contributed by atoms with E-state index < -0.39 is 0 Å². The molecular weight excluding hydrogens is 304 g/mol. The molecule has 0 aliphatic rings. The van der Waals surface area contributed by atoms with Gasteiger partial charge in [0.15, 0.2) is 6.61 Å². The van der Waals surface area contributed by atoms with E-state index in [2.05, 4.69) is 10.5 Å². The largest absolute Gasteiger partial charge is 0.497 e. The van der Waals surface area contributed by atoms with Crippen molar-refractivity contribution in [3.8, 4) is 11.5 Å². The number of methoxy groups -OCH3 is 1. The molecule has 0 atom stereocenters. The van der Waals surface area contributed by atoms with Gasteiger partial charge in [-0.2, -0.15) is 5.10 Å². The predicted molar refractivity (Wildman–Crippen MR) is 95.2 cm³/mol. The van der Waals surface area contributed by atoms with Crippen LogP contribution in [-0.2, 0) is 4.79 Å². The lowest BCUT2D eigenvalue weighted by molar-refractivity contribution is -0.123. The topological polar surface area (TPSA) is 59.9 Å². The van der Waals surface area contributed by atoms with Gasteiger partial charge in [0.2, 0.25) is 0 Å². The van der Waals surface area contributed by atoms with Crippen molar-refractivity contribution in [1.29, 1.82) is 0 Å². The highest BCUT2D eigenvalue weighted by atomic mass is 16.5. The molecular formula is C19H20N2O3. The van der Waals surface area contributed by atoms with Crippen LogP contribution in [0.2, 0.25) is 0 Å². The summed E-state index contributed by atoms with van der Waals surface area (Å²) in [7, 11) is 1.59. The number of nitrogens with one attached hydrogen (secondary N) is 1. The van der Waals surface area contributed by atoms with Crippen LogP contribution in [-0.4, -0.2) is 25.8 Å². The van der Waals surface area contributed by atoms with E-state index in [1.807, 2.05) is 43.3 Å². The Labute approximate surface area is 141 Å². The predicted octanol–water partition coefficient (Wildman–Crippen LogP) is 3.28. The monoisotopic (exact) mass is 324 g/mol. The van der Waals surface area contributed by atoms with Crippen LogP contribution < -0.4 is 14.9 Å². The molecule has 0 spiro atoms. The van der Waals surface area contributed by atoms with Crippen molar-refractivity contribution in [2.45, 2.75) is 6.92 Å². The molecule has 2 aromatic carbocycles. The molecule has 0 bridgehead atoms. The fourth-order valence-corrected chi connectivity index (χ4v) is 1.91. The third-order valence-corrected chi connectivity index (χ3v) is 3.08. The number of hydrogen-bond donors (Lipinski definition) is 1. The molecule has 0 aliphatic carbocycles. The van der Waals surface area contributed by atoms with Gasteiger partial charge in [-0.25, -0.2) is 5.43 Å². The third kappa shape index (κ3) is 5.96. The lowest BCUT2D eigenvalue weighted by atomic mass is 10.1. The maximum Gasteiger partial charge on any atom is 0.277 e. The average Bonchev–Trinajstić information content (AvgIpc) is 2.61. The smallest absolute Gasteiger partial charge is 0.277 e. The summed E-state index contributed by atoms with van der Waals surface area (Å²) in [6.45, 7) is 1.81. The van der Waals surface area contributed by atoms with E-state index in [1.54, 1.807) is 37.6 Å². The summed E-state index contributed by atoms with van der Waals surface area (Å²) in [5.74, 6) is 1.00. The Kier molecular flexibility index (Phi) is 6.58. The van der Waals surface area contributed by atoms with Crippen molar-refractivity contribution in [2.24, 2.45) is 5.10 Å². The first-order chi connectivity index (χ1) is 11.7. The van der Waals surface area contributed by atoms with Crippen molar-refractivity contribution in [1.82, 2.24) is 5.43 Å². The van der Waals surface area contributed by atoms with Gasteiger partial charge in [-0.05, 0) is 42.3 Å². The summed E-state index contributed by atoms with van der Waals surface area (Å²) in [5.41, 5.74) is 4.44. The third-order valence-electron chi connectivity index (χ3n) is 3.08. The number of rotatable bonds is 7. The minimum Gasteiger partial charge on any atom is -0.497 e. The molecule has 0 radical (unpaired) electrons. The van der Waals surface area contributed by atoms with Crippen LogP contribution in [0.3, 0.4) is 0 Å². The van der Waals surface area contributed by atoms with Crippen molar-refractivity contribution in [2.75, 3.05) is 13.7 Å². The molecule has 1 N–H and O–H groups in total. The van der Waals surface area contributed by atoms with Gasteiger partial charge >= 0.3 is 0 Å². The van der Waals surface area contributed by atoms with Crippen LogP contribution >= 0.6 is 0 Å². The molecule has 0 fully saturated rings. The number of carbonyl (C=O) groups excluding carboxylic acids is 1. The highest BCUT2D eigenvalue weighted by Crippen LogP contribution is 2.16. The van der Waals surface area contributed by atoms with E-state index in [-0.39, 0.29) is 12.5 Å². The van der Waals surface area contributed by atoms with Gasteiger partial charge in [0.1, 0.15) is 11.5 Å². The molecule has 0 heterocycles. The summed E-state index contributed by atoms with van der Waals surface area (Å²) in [6.07, 6.45) is 3.57. The minimum atomic E-state index is -0.324. The summed E-state index contributed by atoms with van der Waals surface area (Å²) in [4.78, 5) is 11.7. The van der Waals surface area contributed by atoms with Gasteiger partial charge < -0.3 is 9.47 Å². The van der Waals surface area contributed by atoms with Crippen LogP contribution in [0, 0.1) is 0 Å². The second-order valence-corrected chi connectivity index (χ2v) is 5.06. The Bertz CT molecular complexity index is 707. The van der Waals surface area contributed by atoms with Crippen LogP contribution in [0.5, 0.6) is 11.5 Å². The van der Waals surface area contributed by atoms with Gasteiger partial charge in [-0.3, -0.25) is 4.79 Å². The number of amides is 1. The zero-order chi connectivity index (χ0) is 17.2. The molecule has 5 heteroatoms. The molecule has 1 amide bonds. The summed E-state index contributed by atoms with van der Waals surface area (Å²) >= 11 is 0. The highest BCUT2D eigenvalue weighted by Gasteiger charge is 2.01. The Hall–Kier alpha value is -3.08. The SMILES string of the molecule is COc1ccc(OCC(=O)NN=CC(C)=Cc2ccccc2)cc1. The fraction of sp³-hybridized carbons (Fsp3) is 0.158. The van der Waals surface area contributed by atoms with E-state index in [9.17, 15) is 4.79 Å². The van der Waals surface area contributed by atoms with Crippen molar-refractivity contribution >= 4 is 18.2 Å².